The number of carbonyl (C=O) groups excluding carboxylic acids is 1. The number of hydrogen-bond acceptors (Lipinski definition) is 3. The van der Waals surface area contributed by atoms with E-state index >= 15 is 0 Å². The Kier molecular flexibility index (Phi) is 4.22. The van der Waals surface area contributed by atoms with Crippen LogP contribution in [0.3, 0.4) is 0 Å². The van der Waals surface area contributed by atoms with Gasteiger partial charge in [-0.1, -0.05) is 0 Å². The van der Waals surface area contributed by atoms with Gasteiger partial charge in [-0.3, -0.25) is 9.59 Å². The molecule has 0 saturated heterocycles. The first-order valence-corrected chi connectivity index (χ1v) is 5.28. The van der Waals surface area contributed by atoms with Crippen molar-refractivity contribution >= 4 is 5.78 Å². The van der Waals surface area contributed by atoms with E-state index in [1.807, 2.05) is 0 Å². The Morgan fingerprint density at radius 2 is 1.88 bits per heavy atom. The van der Waals surface area contributed by atoms with Gasteiger partial charge in [0.25, 0.3) is 0 Å². The lowest BCUT2D eigenvalue weighted by Gasteiger charge is -2.05. The van der Waals surface area contributed by atoms with Crippen molar-refractivity contribution in [3.8, 4) is 0 Å². The van der Waals surface area contributed by atoms with E-state index in [-0.39, 0.29) is 5.78 Å². The molecule has 0 aliphatic rings. The van der Waals surface area contributed by atoms with Gasteiger partial charge in [0.1, 0.15) is 5.78 Å². The number of hydrogen-bond donors (Lipinski definition) is 0. The van der Waals surface area contributed by atoms with Gasteiger partial charge in [0.2, 0.25) is 0 Å². The molecule has 1 rings (SSSR count). The van der Waals surface area contributed by atoms with Crippen LogP contribution in [-0.4, -0.2) is 14.9 Å². The number of nitrogens with zero attached hydrogens (tertiary/aromatic N) is 2. The quantitative estimate of drug-likeness (QED) is 0.534. The summed E-state index contributed by atoms with van der Waals surface area (Å²) in [5.74, 6) is 0.149. The van der Waals surface area contributed by atoms with Crippen molar-refractivity contribution in [2.45, 2.75) is 32.7 Å². The maximum absolute atomic E-state index is 11.5. The Hall–Kier alpha value is -1.65. The first-order chi connectivity index (χ1) is 7.52. The zero-order chi connectivity index (χ0) is 12.1. The number of carbonyl (C=O) groups is 1. The van der Waals surface area contributed by atoms with Crippen molar-refractivity contribution in [1.29, 1.82) is 0 Å². The summed E-state index contributed by atoms with van der Waals surface area (Å²) in [7, 11) is 1.55. The fourth-order valence-corrected chi connectivity index (χ4v) is 1.42. The van der Waals surface area contributed by atoms with Gasteiger partial charge in [0.05, 0.1) is 0 Å². The lowest BCUT2D eigenvalue weighted by atomic mass is 10.2. The van der Waals surface area contributed by atoms with Crippen LogP contribution in [0.4, 0.5) is 0 Å². The van der Waals surface area contributed by atoms with Gasteiger partial charge in [-0.05, 0) is 19.8 Å². The van der Waals surface area contributed by atoms with Crippen molar-refractivity contribution in [3.63, 3.8) is 0 Å². The number of ketones is 1. The highest BCUT2D eigenvalue weighted by molar-refractivity contribution is 5.75. The predicted octanol–water partition coefficient (Wildman–Crippen LogP) is 0.306. The summed E-state index contributed by atoms with van der Waals surface area (Å²) in [6, 6.07) is 0. The van der Waals surface area contributed by atoms with Crippen LogP contribution >= 0.6 is 0 Å². The molecule has 1 aromatic heterocycles. The molecule has 1 heterocycles. The summed E-state index contributed by atoms with van der Waals surface area (Å²) >= 11 is 0. The Labute approximate surface area is 93.3 Å². The molecule has 0 aromatic carbocycles. The normalized spacial score (nSPS) is 10.4. The smallest absolute Gasteiger partial charge is 0.312 e. The molecule has 0 N–H and O–H groups in total. The second-order valence-electron chi connectivity index (χ2n) is 3.87. The van der Waals surface area contributed by atoms with Crippen molar-refractivity contribution in [2.75, 3.05) is 0 Å². The second-order valence-corrected chi connectivity index (χ2v) is 3.87. The summed E-state index contributed by atoms with van der Waals surface area (Å²) < 4.78 is 2.65. The molecule has 0 radical (unpaired) electrons. The summed E-state index contributed by atoms with van der Waals surface area (Å²) in [4.78, 5) is 33.5. The molecule has 0 saturated carbocycles. The molecule has 5 nitrogen and oxygen atoms in total. The fraction of sp³-hybridized carbons (Fsp3) is 0.545. The van der Waals surface area contributed by atoms with E-state index in [2.05, 4.69) is 0 Å². The third kappa shape index (κ3) is 3.18. The molecule has 0 unspecified atom stereocenters. The van der Waals surface area contributed by atoms with Crippen molar-refractivity contribution in [2.24, 2.45) is 7.05 Å². The summed E-state index contributed by atoms with van der Waals surface area (Å²) in [6.07, 6.45) is 5.16. The fourth-order valence-electron chi connectivity index (χ4n) is 1.42. The first kappa shape index (κ1) is 12.4. The lowest BCUT2D eigenvalue weighted by molar-refractivity contribution is -0.117. The number of aryl methyl sites for hydroxylation is 2. The van der Waals surface area contributed by atoms with Gasteiger partial charge in [-0.2, -0.15) is 0 Å². The number of Topliss-reactive ketones (excluding diaryl/α,β-unsaturated/α-hetero) is 1. The molecule has 0 aliphatic carbocycles. The third-order valence-corrected chi connectivity index (χ3v) is 2.41. The molecule has 88 valence electrons. The highest BCUT2D eigenvalue weighted by Gasteiger charge is 2.02. The Morgan fingerprint density at radius 3 is 2.50 bits per heavy atom. The van der Waals surface area contributed by atoms with E-state index < -0.39 is 11.1 Å². The maximum Gasteiger partial charge on any atom is 0.316 e. The molecule has 5 heteroatoms. The molecule has 0 fully saturated rings. The Bertz CT molecular complexity index is 485. The molecular weight excluding hydrogens is 208 g/mol. The van der Waals surface area contributed by atoms with Crippen LogP contribution in [-0.2, 0) is 18.4 Å². The molecule has 0 bridgehead atoms. The zero-order valence-electron chi connectivity index (χ0n) is 9.60. The van der Waals surface area contributed by atoms with Crippen LogP contribution in [0.15, 0.2) is 22.0 Å². The monoisotopic (exact) mass is 224 g/mol. The van der Waals surface area contributed by atoms with E-state index in [1.165, 1.54) is 9.13 Å². The maximum atomic E-state index is 11.5. The van der Waals surface area contributed by atoms with Gasteiger partial charge >= 0.3 is 11.1 Å². The minimum Gasteiger partial charge on any atom is -0.312 e. The average molecular weight is 224 g/mol. The van der Waals surface area contributed by atoms with Gasteiger partial charge in [-0.15, -0.1) is 0 Å². The van der Waals surface area contributed by atoms with Crippen LogP contribution in [0.25, 0.3) is 0 Å². The molecule has 0 atom stereocenters. The first-order valence-electron chi connectivity index (χ1n) is 5.28. The van der Waals surface area contributed by atoms with E-state index in [4.69, 9.17) is 0 Å². The van der Waals surface area contributed by atoms with Crippen LogP contribution in [0.2, 0.25) is 0 Å². The standard InChI is InChI=1S/C11H16N2O3/c1-9(14)5-3-4-6-13-8-7-12(2)10(15)11(13)16/h7-8H,3-6H2,1-2H3. The van der Waals surface area contributed by atoms with Crippen molar-refractivity contribution < 1.29 is 4.79 Å². The highest BCUT2D eigenvalue weighted by Crippen LogP contribution is 1.97. The predicted molar refractivity (Wildman–Crippen MR) is 60.5 cm³/mol. The summed E-state index contributed by atoms with van der Waals surface area (Å²) in [5, 5.41) is 0. The van der Waals surface area contributed by atoms with Crippen LogP contribution < -0.4 is 11.1 Å². The largest absolute Gasteiger partial charge is 0.316 e. The van der Waals surface area contributed by atoms with Crippen LogP contribution in [0.5, 0.6) is 0 Å². The van der Waals surface area contributed by atoms with Gasteiger partial charge < -0.3 is 13.9 Å². The SMILES string of the molecule is CC(=O)CCCCn1ccn(C)c(=O)c1=O. The molecular formula is C11H16N2O3. The second kappa shape index (κ2) is 5.44. The topological polar surface area (TPSA) is 61.1 Å². The number of rotatable bonds is 5. The molecule has 1 aromatic rings. The van der Waals surface area contributed by atoms with Crippen LogP contribution in [0.1, 0.15) is 26.2 Å². The minimum atomic E-state index is -0.519. The number of unbranched alkanes of at least 4 members (excludes halogenated alkanes) is 1. The van der Waals surface area contributed by atoms with Crippen molar-refractivity contribution in [3.05, 3.63) is 33.1 Å². The third-order valence-electron chi connectivity index (χ3n) is 2.41. The van der Waals surface area contributed by atoms with Crippen molar-refractivity contribution in [1.82, 2.24) is 9.13 Å². The summed E-state index contributed by atoms with van der Waals surface area (Å²) in [6.45, 7) is 2.03. The molecule has 16 heavy (non-hydrogen) atoms. The van der Waals surface area contributed by atoms with E-state index in [0.717, 1.165) is 12.8 Å². The van der Waals surface area contributed by atoms with Gasteiger partial charge in [0.15, 0.2) is 0 Å². The average Bonchev–Trinajstić information content (AvgIpc) is 2.23. The van der Waals surface area contributed by atoms with Gasteiger partial charge in [0, 0.05) is 32.4 Å². The lowest BCUT2D eigenvalue weighted by Crippen LogP contribution is -2.39. The minimum absolute atomic E-state index is 0.149. The Balaban J connectivity index is 2.62. The molecule has 0 aliphatic heterocycles. The number of aromatic nitrogens is 2. The summed E-state index contributed by atoms with van der Waals surface area (Å²) in [5.41, 5.74) is -1.03. The van der Waals surface area contributed by atoms with Crippen LogP contribution in [0, 0.1) is 0 Å². The molecule has 0 amide bonds. The Morgan fingerprint density at radius 1 is 1.19 bits per heavy atom. The van der Waals surface area contributed by atoms with E-state index in [1.54, 1.807) is 26.4 Å². The van der Waals surface area contributed by atoms with Gasteiger partial charge in [-0.25, -0.2) is 0 Å². The zero-order valence-corrected chi connectivity index (χ0v) is 9.60. The molecule has 0 spiro atoms. The van der Waals surface area contributed by atoms with E-state index in [9.17, 15) is 14.4 Å². The highest BCUT2D eigenvalue weighted by atomic mass is 16.2. The van der Waals surface area contributed by atoms with E-state index in [0.29, 0.717) is 13.0 Å².